The molecule has 0 aliphatic heterocycles. The standard InChI is InChI=1S/C16H23N3O/c1-12-7-5-8-13(2)15(12)18-16-17-14(3)11-19(16)9-6-10-20-4/h5,7-8,11H,6,9-10H2,1-4H3,(H,17,18). The molecule has 0 fully saturated rings. The fraction of sp³-hybridized carbons (Fsp3) is 0.438. The lowest BCUT2D eigenvalue weighted by atomic mass is 10.1. The number of rotatable bonds is 6. The zero-order valence-corrected chi connectivity index (χ0v) is 12.7. The molecule has 0 unspecified atom stereocenters. The minimum absolute atomic E-state index is 0.764. The number of nitrogens with one attached hydrogen (secondary N) is 1. The Balaban J connectivity index is 2.20. The van der Waals surface area contributed by atoms with Gasteiger partial charge in [-0.05, 0) is 38.3 Å². The molecule has 0 amide bonds. The third-order valence-corrected chi connectivity index (χ3v) is 3.36. The molecule has 0 radical (unpaired) electrons. The van der Waals surface area contributed by atoms with Crippen LogP contribution in [0.1, 0.15) is 23.2 Å². The minimum atomic E-state index is 0.764. The molecule has 0 aliphatic rings. The largest absolute Gasteiger partial charge is 0.385 e. The third-order valence-electron chi connectivity index (χ3n) is 3.36. The molecule has 4 nitrogen and oxygen atoms in total. The van der Waals surface area contributed by atoms with Gasteiger partial charge in [-0.25, -0.2) is 4.98 Å². The molecule has 1 aromatic heterocycles. The van der Waals surface area contributed by atoms with Gasteiger partial charge in [-0.2, -0.15) is 0 Å². The average Bonchev–Trinajstić information content (AvgIpc) is 2.75. The topological polar surface area (TPSA) is 39.1 Å². The predicted molar refractivity (Wildman–Crippen MR) is 82.7 cm³/mol. The fourth-order valence-corrected chi connectivity index (χ4v) is 2.32. The van der Waals surface area contributed by atoms with E-state index in [0.29, 0.717) is 0 Å². The van der Waals surface area contributed by atoms with Crippen molar-refractivity contribution in [2.24, 2.45) is 0 Å². The van der Waals surface area contributed by atoms with Crippen LogP contribution in [0.2, 0.25) is 0 Å². The first-order chi connectivity index (χ1) is 9.61. The Hall–Kier alpha value is -1.81. The van der Waals surface area contributed by atoms with Crippen LogP contribution in [0.4, 0.5) is 11.6 Å². The molecule has 1 heterocycles. The Morgan fingerprint density at radius 1 is 1.20 bits per heavy atom. The number of imidazole rings is 1. The van der Waals surface area contributed by atoms with E-state index in [1.165, 1.54) is 11.1 Å². The van der Waals surface area contributed by atoms with Gasteiger partial charge in [-0.1, -0.05) is 18.2 Å². The molecule has 20 heavy (non-hydrogen) atoms. The van der Waals surface area contributed by atoms with Gasteiger partial charge in [0.15, 0.2) is 0 Å². The molecule has 108 valence electrons. The van der Waals surface area contributed by atoms with Crippen molar-refractivity contribution in [1.29, 1.82) is 0 Å². The summed E-state index contributed by atoms with van der Waals surface area (Å²) in [5, 5.41) is 3.47. The van der Waals surface area contributed by atoms with Crippen LogP contribution in [0.15, 0.2) is 24.4 Å². The summed E-state index contributed by atoms with van der Waals surface area (Å²) in [6.07, 6.45) is 3.05. The molecular weight excluding hydrogens is 250 g/mol. The quantitative estimate of drug-likeness (QED) is 0.817. The first-order valence-electron chi connectivity index (χ1n) is 6.97. The molecule has 2 aromatic rings. The highest BCUT2D eigenvalue weighted by Gasteiger charge is 2.08. The summed E-state index contributed by atoms with van der Waals surface area (Å²) < 4.78 is 7.27. The highest BCUT2D eigenvalue weighted by Crippen LogP contribution is 2.24. The van der Waals surface area contributed by atoms with Crippen LogP contribution in [-0.2, 0) is 11.3 Å². The van der Waals surface area contributed by atoms with Crippen LogP contribution in [0.3, 0.4) is 0 Å². The van der Waals surface area contributed by atoms with E-state index in [2.05, 4.69) is 53.1 Å². The van der Waals surface area contributed by atoms with Crippen molar-refractivity contribution < 1.29 is 4.74 Å². The fourth-order valence-electron chi connectivity index (χ4n) is 2.32. The highest BCUT2D eigenvalue weighted by atomic mass is 16.5. The molecule has 0 spiro atoms. The van der Waals surface area contributed by atoms with Gasteiger partial charge < -0.3 is 14.6 Å². The van der Waals surface area contributed by atoms with Gasteiger partial charge in [0.1, 0.15) is 0 Å². The summed E-state index contributed by atoms with van der Waals surface area (Å²) in [4.78, 5) is 4.58. The highest BCUT2D eigenvalue weighted by molar-refractivity contribution is 5.63. The van der Waals surface area contributed by atoms with Crippen molar-refractivity contribution in [3.63, 3.8) is 0 Å². The first-order valence-corrected chi connectivity index (χ1v) is 6.97. The number of hydrogen-bond acceptors (Lipinski definition) is 3. The molecule has 1 N–H and O–H groups in total. The number of methoxy groups -OCH3 is 1. The molecular formula is C16H23N3O. The summed E-state index contributed by atoms with van der Waals surface area (Å²) in [7, 11) is 1.73. The third kappa shape index (κ3) is 3.39. The Kier molecular flexibility index (Phi) is 4.79. The number of aryl methyl sites for hydroxylation is 4. The Morgan fingerprint density at radius 3 is 2.55 bits per heavy atom. The molecule has 4 heteroatoms. The number of hydrogen-bond donors (Lipinski definition) is 1. The van der Waals surface area contributed by atoms with Crippen molar-refractivity contribution in [3.05, 3.63) is 41.2 Å². The predicted octanol–water partition coefficient (Wildman–Crippen LogP) is 3.59. The summed E-state index contributed by atoms with van der Waals surface area (Å²) >= 11 is 0. The maximum absolute atomic E-state index is 5.11. The second-order valence-corrected chi connectivity index (χ2v) is 5.14. The molecule has 0 bridgehead atoms. The SMILES string of the molecule is COCCCn1cc(C)nc1Nc1c(C)cccc1C. The lowest BCUT2D eigenvalue weighted by molar-refractivity contribution is 0.190. The van der Waals surface area contributed by atoms with E-state index < -0.39 is 0 Å². The normalized spacial score (nSPS) is 10.8. The zero-order valence-electron chi connectivity index (χ0n) is 12.7. The Bertz CT molecular complexity index is 555. The van der Waals surface area contributed by atoms with Crippen molar-refractivity contribution >= 4 is 11.6 Å². The molecule has 0 aliphatic carbocycles. The lowest BCUT2D eigenvalue weighted by Gasteiger charge is -2.13. The van der Waals surface area contributed by atoms with Crippen LogP contribution >= 0.6 is 0 Å². The minimum Gasteiger partial charge on any atom is -0.385 e. The molecule has 0 saturated heterocycles. The van der Waals surface area contributed by atoms with Gasteiger partial charge in [-0.15, -0.1) is 0 Å². The number of nitrogens with zero attached hydrogens (tertiary/aromatic N) is 2. The van der Waals surface area contributed by atoms with Crippen molar-refractivity contribution in [1.82, 2.24) is 9.55 Å². The van der Waals surface area contributed by atoms with Gasteiger partial charge in [0.2, 0.25) is 5.95 Å². The molecule has 0 saturated carbocycles. The molecule has 2 rings (SSSR count). The van der Waals surface area contributed by atoms with E-state index in [4.69, 9.17) is 4.74 Å². The molecule has 1 aromatic carbocycles. The Morgan fingerprint density at radius 2 is 1.90 bits per heavy atom. The summed E-state index contributed by atoms with van der Waals surface area (Å²) in [5.41, 5.74) is 4.63. The summed E-state index contributed by atoms with van der Waals surface area (Å²) in [6.45, 7) is 7.91. The maximum atomic E-state index is 5.11. The zero-order chi connectivity index (χ0) is 14.5. The Labute approximate surface area is 120 Å². The monoisotopic (exact) mass is 273 g/mol. The van der Waals surface area contributed by atoms with Crippen LogP contribution < -0.4 is 5.32 Å². The van der Waals surface area contributed by atoms with Gasteiger partial charge in [0.05, 0.1) is 5.69 Å². The van der Waals surface area contributed by atoms with Crippen molar-refractivity contribution in [2.75, 3.05) is 19.0 Å². The second kappa shape index (κ2) is 6.57. The number of para-hydroxylation sites is 1. The van der Waals surface area contributed by atoms with E-state index in [9.17, 15) is 0 Å². The van der Waals surface area contributed by atoms with Gasteiger partial charge in [0, 0.05) is 32.1 Å². The van der Waals surface area contributed by atoms with E-state index in [0.717, 1.165) is 36.9 Å². The van der Waals surface area contributed by atoms with Gasteiger partial charge in [0.25, 0.3) is 0 Å². The van der Waals surface area contributed by atoms with E-state index in [1.807, 2.05) is 6.92 Å². The number of anilines is 2. The van der Waals surface area contributed by atoms with E-state index >= 15 is 0 Å². The van der Waals surface area contributed by atoms with Crippen LogP contribution in [0, 0.1) is 20.8 Å². The van der Waals surface area contributed by atoms with E-state index in [1.54, 1.807) is 7.11 Å². The summed E-state index contributed by atoms with van der Waals surface area (Å²) in [5.74, 6) is 0.899. The molecule has 0 atom stereocenters. The first kappa shape index (κ1) is 14.6. The van der Waals surface area contributed by atoms with Crippen LogP contribution in [0.25, 0.3) is 0 Å². The average molecular weight is 273 g/mol. The van der Waals surface area contributed by atoms with Gasteiger partial charge in [-0.3, -0.25) is 0 Å². The number of benzene rings is 1. The van der Waals surface area contributed by atoms with Gasteiger partial charge >= 0.3 is 0 Å². The smallest absolute Gasteiger partial charge is 0.207 e. The van der Waals surface area contributed by atoms with Crippen molar-refractivity contribution in [2.45, 2.75) is 33.7 Å². The van der Waals surface area contributed by atoms with Crippen LogP contribution in [-0.4, -0.2) is 23.3 Å². The lowest BCUT2D eigenvalue weighted by Crippen LogP contribution is -2.06. The number of ether oxygens (including phenoxy) is 1. The second-order valence-electron chi connectivity index (χ2n) is 5.14. The van der Waals surface area contributed by atoms with Crippen LogP contribution in [0.5, 0.6) is 0 Å². The summed E-state index contributed by atoms with van der Waals surface area (Å²) in [6, 6.07) is 6.30. The maximum Gasteiger partial charge on any atom is 0.207 e. The number of aromatic nitrogens is 2. The van der Waals surface area contributed by atoms with Crippen molar-refractivity contribution in [3.8, 4) is 0 Å². The van der Waals surface area contributed by atoms with E-state index in [-0.39, 0.29) is 0 Å².